The summed E-state index contributed by atoms with van der Waals surface area (Å²) in [6.45, 7) is 4.11. The molecule has 0 unspecified atom stereocenters. The van der Waals surface area contributed by atoms with E-state index in [4.69, 9.17) is 5.26 Å². The third-order valence-corrected chi connectivity index (χ3v) is 5.42. The minimum Gasteiger partial charge on any atom is -0.369 e. The highest BCUT2D eigenvalue weighted by molar-refractivity contribution is 5.91. The van der Waals surface area contributed by atoms with Crippen molar-refractivity contribution in [3.63, 3.8) is 0 Å². The molecule has 33 heavy (non-hydrogen) atoms. The maximum Gasteiger partial charge on any atom is 0.416 e. The van der Waals surface area contributed by atoms with Gasteiger partial charge in [-0.3, -0.25) is 14.7 Å². The minimum absolute atomic E-state index is 0.0135. The first-order valence-corrected chi connectivity index (χ1v) is 10.8. The Morgan fingerprint density at radius 3 is 2.64 bits per heavy atom. The van der Waals surface area contributed by atoms with Crippen LogP contribution < -0.4 is 10.2 Å². The normalized spacial score (nSPS) is 14.9. The molecule has 1 aromatic heterocycles. The largest absolute Gasteiger partial charge is 0.416 e. The molecule has 1 amide bonds. The molecule has 1 N–H and O–H groups in total. The van der Waals surface area contributed by atoms with E-state index in [1.165, 1.54) is 12.1 Å². The van der Waals surface area contributed by atoms with E-state index in [2.05, 4.69) is 15.2 Å². The number of aromatic nitrogens is 1. The Hall–Kier alpha value is -3.38. The quantitative estimate of drug-likeness (QED) is 0.484. The molecule has 6 nitrogen and oxygen atoms in total. The maximum absolute atomic E-state index is 13.1. The zero-order valence-corrected chi connectivity index (χ0v) is 18.2. The Kier molecular flexibility index (Phi) is 8.44. The Bertz CT molecular complexity index is 993. The summed E-state index contributed by atoms with van der Waals surface area (Å²) >= 11 is 0. The topological polar surface area (TPSA) is 72.3 Å². The van der Waals surface area contributed by atoms with Gasteiger partial charge in [-0.2, -0.15) is 18.4 Å². The van der Waals surface area contributed by atoms with Crippen LogP contribution in [0.4, 0.5) is 18.9 Å². The van der Waals surface area contributed by atoms with E-state index in [1.54, 1.807) is 24.5 Å². The van der Waals surface area contributed by atoms with Gasteiger partial charge in [0.2, 0.25) is 5.91 Å². The van der Waals surface area contributed by atoms with Crippen molar-refractivity contribution < 1.29 is 18.0 Å². The van der Waals surface area contributed by atoms with Gasteiger partial charge in [0.1, 0.15) is 0 Å². The smallest absolute Gasteiger partial charge is 0.369 e. The number of anilines is 1. The molecule has 1 saturated heterocycles. The second-order valence-corrected chi connectivity index (χ2v) is 7.82. The molecule has 1 fully saturated rings. The fraction of sp³-hybridized carbons (Fsp3) is 0.375. The maximum atomic E-state index is 13.1. The van der Waals surface area contributed by atoms with Gasteiger partial charge in [-0.1, -0.05) is 6.07 Å². The monoisotopic (exact) mass is 457 g/mol. The summed E-state index contributed by atoms with van der Waals surface area (Å²) < 4.78 is 39.4. The SMILES string of the molecule is N#Cc1cc(N2CCN(CCCCNC(=O)C=Cc3cccnc3)CC2)cc(C(F)(F)F)c1. The van der Waals surface area contributed by atoms with E-state index in [-0.39, 0.29) is 11.5 Å². The molecule has 2 heterocycles. The highest BCUT2D eigenvalue weighted by Gasteiger charge is 2.32. The Morgan fingerprint density at radius 2 is 1.97 bits per heavy atom. The van der Waals surface area contributed by atoms with Crippen LogP contribution in [-0.4, -0.2) is 55.1 Å². The summed E-state index contributed by atoms with van der Waals surface area (Å²) in [7, 11) is 0. The van der Waals surface area contributed by atoms with Crippen molar-refractivity contribution in [3.05, 3.63) is 65.5 Å². The third-order valence-electron chi connectivity index (χ3n) is 5.42. The molecule has 0 saturated carbocycles. The first kappa shape index (κ1) is 24.3. The van der Waals surface area contributed by atoms with Crippen molar-refractivity contribution >= 4 is 17.7 Å². The number of unbranched alkanes of at least 4 members (excludes halogenated alkanes) is 1. The van der Waals surface area contributed by atoms with Crippen LogP contribution in [0.2, 0.25) is 0 Å². The van der Waals surface area contributed by atoms with E-state index in [0.717, 1.165) is 50.2 Å². The third kappa shape index (κ3) is 7.61. The fourth-order valence-corrected chi connectivity index (χ4v) is 3.63. The number of carbonyl (C=O) groups is 1. The lowest BCUT2D eigenvalue weighted by Gasteiger charge is -2.36. The van der Waals surface area contributed by atoms with Crippen LogP contribution in [-0.2, 0) is 11.0 Å². The second-order valence-electron chi connectivity index (χ2n) is 7.82. The molecule has 3 rings (SSSR count). The molecule has 0 spiro atoms. The van der Waals surface area contributed by atoms with Crippen molar-refractivity contribution in [1.29, 1.82) is 5.26 Å². The molecule has 0 bridgehead atoms. The van der Waals surface area contributed by atoms with Crippen LogP contribution in [0.3, 0.4) is 0 Å². The molecule has 0 radical (unpaired) electrons. The minimum atomic E-state index is -4.48. The lowest BCUT2D eigenvalue weighted by atomic mass is 10.1. The van der Waals surface area contributed by atoms with Crippen LogP contribution in [0.5, 0.6) is 0 Å². The van der Waals surface area contributed by atoms with Crippen LogP contribution in [0.25, 0.3) is 6.08 Å². The van der Waals surface area contributed by atoms with Gasteiger partial charge < -0.3 is 10.2 Å². The molecule has 174 valence electrons. The molecule has 1 aromatic carbocycles. The number of rotatable bonds is 8. The van der Waals surface area contributed by atoms with Crippen LogP contribution >= 0.6 is 0 Å². The van der Waals surface area contributed by atoms with Crippen molar-refractivity contribution in [1.82, 2.24) is 15.2 Å². The summed E-state index contributed by atoms with van der Waals surface area (Å²) in [4.78, 5) is 20.0. The lowest BCUT2D eigenvalue weighted by molar-refractivity contribution is -0.137. The van der Waals surface area contributed by atoms with E-state index in [1.807, 2.05) is 17.0 Å². The summed E-state index contributed by atoms with van der Waals surface area (Å²) in [6.07, 6.45) is 3.83. The highest BCUT2D eigenvalue weighted by atomic mass is 19.4. The predicted molar refractivity (Wildman–Crippen MR) is 120 cm³/mol. The summed E-state index contributed by atoms with van der Waals surface area (Å²) in [6, 6.07) is 9.00. The zero-order chi connectivity index (χ0) is 23.7. The van der Waals surface area contributed by atoms with Crippen LogP contribution in [0.1, 0.15) is 29.5 Å². The first-order chi connectivity index (χ1) is 15.8. The second kappa shape index (κ2) is 11.5. The number of hydrogen-bond donors (Lipinski definition) is 1. The lowest BCUT2D eigenvalue weighted by Crippen LogP contribution is -2.46. The number of piperazine rings is 1. The van der Waals surface area contributed by atoms with Crippen molar-refractivity contribution in [2.75, 3.05) is 44.2 Å². The Balaban J connectivity index is 1.37. The van der Waals surface area contributed by atoms with E-state index < -0.39 is 11.7 Å². The average molecular weight is 458 g/mol. The number of hydrogen-bond acceptors (Lipinski definition) is 5. The van der Waals surface area contributed by atoms with Crippen molar-refractivity contribution in [2.24, 2.45) is 0 Å². The van der Waals surface area contributed by atoms with Crippen LogP contribution in [0, 0.1) is 11.3 Å². The standard InChI is InChI=1S/C24H26F3N5O/c25-24(26,27)21-14-20(17-28)15-22(16-21)32-12-10-31(11-13-32)9-2-1-8-30-23(33)6-5-19-4-3-7-29-18-19/h3-7,14-16,18H,1-2,8-13H2,(H,30,33). The van der Waals surface area contributed by atoms with E-state index in [0.29, 0.717) is 25.3 Å². The van der Waals surface area contributed by atoms with E-state index >= 15 is 0 Å². The van der Waals surface area contributed by atoms with E-state index in [9.17, 15) is 18.0 Å². The Morgan fingerprint density at radius 1 is 1.18 bits per heavy atom. The predicted octanol–water partition coefficient (Wildman–Crippen LogP) is 3.70. The molecule has 1 aliphatic heterocycles. The zero-order valence-electron chi connectivity index (χ0n) is 18.2. The molecule has 1 aliphatic rings. The molecular weight excluding hydrogens is 431 g/mol. The summed E-state index contributed by atoms with van der Waals surface area (Å²) in [5, 5.41) is 11.9. The number of benzene rings is 1. The van der Waals surface area contributed by atoms with Crippen LogP contribution in [0.15, 0.2) is 48.8 Å². The number of alkyl halides is 3. The first-order valence-electron chi connectivity index (χ1n) is 10.8. The van der Waals surface area contributed by atoms with Gasteiger partial charge in [0, 0.05) is 56.9 Å². The number of nitrogens with zero attached hydrogens (tertiary/aromatic N) is 4. The van der Waals surface area contributed by atoms with Gasteiger partial charge in [0.25, 0.3) is 0 Å². The summed E-state index contributed by atoms with van der Waals surface area (Å²) in [5.74, 6) is -0.148. The number of carbonyl (C=O) groups excluding carboxylic acids is 1. The number of nitriles is 1. The molecule has 9 heteroatoms. The number of nitrogens with one attached hydrogen (secondary N) is 1. The Labute approximate surface area is 191 Å². The van der Waals surface area contributed by atoms with Gasteiger partial charge in [0.15, 0.2) is 0 Å². The number of halogens is 3. The van der Waals surface area contributed by atoms with Gasteiger partial charge in [0.05, 0.1) is 17.2 Å². The van der Waals surface area contributed by atoms with Gasteiger partial charge >= 0.3 is 6.18 Å². The molecule has 0 aliphatic carbocycles. The fourth-order valence-electron chi connectivity index (χ4n) is 3.63. The molecular formula is C24H26F3N5O. The highest BCUT2D eigenvalue weighted by Crippen LogP contribution is 2.33. The van der Waals surface area contributed by atoms with Gasteiger partial charge in [-0.25, -0.2) is 0 Å². The van der Waals surface area contributed by atoms with Gasteiger partial charge in [-0.15, -0.1) is 0 Å². The number of pyridine rings is 1. The summed E-state index contributed by atoms with van der Waals surface area (Å²) in [5.41, 5.74) is 0.514. The molecule has 2 aromatic rings. The molecule has 0 atom stereocenters. The average Bonchev–Trinajstić information content (AvgIpc) is 2.82. The van der Waals surface area contributed by atoms with Crippen molar-refractivity contribution in [2.45, 2.75) is 19.0 Å². The van der Waals surface area contributed by atoms with Gasteiger partial charge in [-0.05, 0) is 55.3 Å². The van der Waals surface area contributed by atoms with Crippen molar-refractivity contribution in [3.8, 4) is 6.07 Å². The number of amides is 1.